The largest absolute Gasteiger partial charge is 0.392 e. The standard InChI is InChI=1S/C18H27N.C12H25N.C11H24.C5H11N.2C2H6/c1-17(19-2)13-9-7-5-3-4-6-8-10-14-18-15-11-12-16-18;1-4-5-6-7-8-9-10-11-12(2)13-3;1-3-5-7-9-11-10-8-6-4-2;1-3-4-5(2)6;2*1-2/h5,7,9,11-13,15-16,18-19H,1,3-4,6,8,10,14H2,2H3;13H,2,4-11H2,1,3H3;3-11H2,1-2H3;3-5H,6H2,1-2H3;2*1-2H3/b7-5+,13-9+;;;4-3+;;. The summed E-state index contributed by atoms with van der Waals surface area (Å²) in [4.78, 5) is 0. The smallest absolute Gasteiger partial charge is 0.0264 e. The summed E-state index contributed by atoms with van der Waals surface area (Å²) in [5, 5.41) is 6.07. The van der Waals surface area contributed by atoms with Crippen LogP contribution in [-0.4, -0.2) is 20.1 Å². The number of likely N-dealkylation sites (N-methyl/N-ethyl adjacent to an activating group) is 1. The normalized spacial score (nSPS) is 12.0. The lowest BCUT2D eigenvalue weighted by Gasteiger charge is -2.04. The molecule has 1 atom stereocenters. The van der Waals surface area contributed by atoms with E-state index in [0.717, 1.165) is 12.1 Å². The average Bonchev–Trinajstić information content (AvgIpc) is 3.70. The highest BCUT2D eigenvalue weighted by molar-refractivity contribution is 5.17. The van der Waals surface area contributed by atoms with Crippen LogP contribution in [0.25, 0.3) is 0 Å². The lowest BCUT2D eigenvalue weighted by molar-refractivity contribution is 0.572. The molecular formula is C50H99N3. The molecule has 4 N–H and O–H groups in total. The lowest BCUT2D eigenvalue weighted by atomic mass is 10.0. The Balaban J connectivity index is -0.000000199. The Hall–Kier alpha value is -2.26. The Labute approximate surface area is 336 Å². The Morgan fingerprint density at radius 1 is 0.642 bits per heavy atom. The molecule has 1 rings (SSSR count). The minimum atomic E-state index is 0.218. The van der Waals surface area contributed by atoms with Crippen LogP contribution >= 0.6 is 0 Å². The molecule has 0 bridgehead atoms. The highest BCUT2D eigenvalue weighted by Gasteiger charge is 2.02. The highest BCUT2D eigenvalue weighted by atomic mass is 14.8. The molecular weight excluding hydrogens is 643 g/mol. The van der Waals surface area contributed by atoms with Crippen molar-refractivity contribution >= 4 is 0 Å². The van der Waals surface area contributed by atoms with Crippen molar-refractivity contribution < 1.29 is 0 Å². The second-order valence-corrected chi connectivity index (χ2v) is 13.6. The van der Waals surface area contributed by atoms with Crippen LogP contribution in [0.5, 0.6) is 0 Å². The van der Waals surface area contributed by atoms with Crippen LogP contribution in [0.4, 0.5) is 0 Å². The van der Waals surface area contributed by atoms with Gasteiger partial charge in [0.15, 0.2) is 0 Å². The Morgan fingerprint density at radius 3 is 1.47 bits per heavy atom. The van der Waals surface area contributed by atoms with Crippen LogP contribution in [0.3, 0.4) is 0 Å². The van der Waals surface area contributed by atoms with E-state index in [9.17, 15) is 0 Å². The molecule has 0 amide bonds. The lowest BCUT2D eigenvalue weighted by Crippen LogP contribution is -2.09. The van der Waals surface area contributed by atoms with E-state index in [-0.39, 0.29) is 6.04 Å². The number of rotatable bonds is 28. The van der Waals surface area contributed by atoms with E-state index < -0.39 is 0 Å². The molecule has 1 aliphatic carbocycles. The predicted octanol–water partition coefficient (Wildman–Crippen LogP) is 16.3. The van der Waals surface area contributed by atoms with Gasteiger partial charge in [0, 0.05) is 31.5 Å². The van der Waals surface area contributed by atoms with Crippen LogP contribution in [0.15, 0.2) is 85.3 Å². The quantitative estimate of drug-likeness (QED) is 0.0425. The molecule has 0 aromatic heterocycles. The van der Waals surface area contributed by atoms with Crippen LogP contribution in [0, 0.1) is 5.92 Å². The first-order chi connectivity index (χ1) is 25.8. The third-order valence-electron chi connectivity index (χ3n) is 8.49. The molecule has 3 nitrogen and oxygen atoms in total. The van der Waals surface area contributed by atoms with Crippen molar-refractivity contribution in [3.63, 3.8) is 0 Å². The number of unbranched alkanes of at least 4 members (excludes halogenated alkanes) is 18. The number of nitrogens with two attached hydrogens (primary N) is 1. The van der Waals surface area contributed by atoms with E-state index in [1.165, 1.54) is 147 Å². The molecule has 0 heterocycles. The Bertz CT molecular complexity index is 795. The summed E-state index contributed by atoms with van der Waals surface area (Å²) < 4.78 is 0. The number of hydrogen-bond donors (Lipinski definition) is 3. The first-order valence-electron chi connectivity index (χ1n) is 22.6. The summed E-state index contributed by atoms with van der Waals surface area (Å²) in [6.45, 7) is 26.5. The fraction of sp³-hybridized carbons (Fsp3) is 0.720. The van der Waals surface area contributed by atoms with Crippen molar-refractivity contribution in [2.45, 2.75) is 216 Å². The van der Waals surface area contributed by atoms with Crippen molar-refractivity contribution in [3.8, 4) is 0 Å². The molecule has 0 aliphatic heterocycles. The molecule has 3 heteroatoms. The fourth-order valence-corrected chi connectivity index (χ4v) is 5.20. The molecule has 0 spiro atoms. The number of nitrogens with one attached hydrogen (secondary N) is 2. The fourth-order valence-electron chi connectivity index (χ4n) is 5.20. The monoisotopic (exact) mass is 742 g/mol. The SMILES string of the molecule is C/C=C/C(C)N.C=C(/C=C/C=C/CCCCCCC1C=CC=C1)NC.C=C(CCCCCCCCC)NC.CC.CC.CCCCCCCCCCC. The van der Waals surface area contributed by atoms with Crippen LogP contribution in [0.1, 0.15) is 210 Å². The molecule has 1 aliphatic rings. The third-order valence-corrected chi connectivity index (χ3v) is 8.49. The first-order valence-corrected chi connectivity index (χ1v) is 22.6. The Morgan fingerprint density at radius 2 is 1.08 bits per heavy atom. The van der Waals surface area contributed by atoms with Crippen molar-refractivity contribution in [1.29, 1.82) is 0 Å². The minimum absolute atomic E-state index is 0.218. The second-order valence-electron chi connectivity index (χ2n) is 13.6. The van der Waals surface area contributed by atoms with Gasteiger partial charge in [-0.2, -0.15) is 0 Å². The van der Waals surface area contributed by atoms with Gasteiger partial charge in [-0.05, 0) is 57.9 Å². The van der Waals surface area contributed by atoms with Gasteiger partial charge in [-0.15, -0.1) is 0 Å². The zero-order valence-corrected chi connectivity index (χ0v) is 38.2. The van der Waals surface area contributed by atoms with Gasteiger partial charge in [-0.25, -0.2) is 0 Å². The average molecular weight is 742 g/mol. The minimum Gasteiger partial charge on any atom is -0.392 e. The van der Waals surface area contributed by atoms with E-state index in [0.29, 0.717) is 5.92 Å². The van der Waals surface area contributed by atoms with Gasteiger partial charge in [-0.3, -0.25) is 0 Å². The van der Waals surface area contributed by atoms with E-state index in [1.807, 2.05) is 79.9 Å². The van der Waals surface area contributed by atoms with E-state index in [4.69, 9.17) is 5.73 Å². The van der Waals surface area contributed by atoms with Crippen molar-refractivity contribution in [2.75, 3.05) is 14.1 Å². The summed E-state index contributed by atoms with van der Waals surface area (Å²) in [6.07, 6.45) is 52.8. The van der Waals surface area contributed by atoms with Crippen molar-refractivity contribution in [2.24, 2.45) is 11.7 Å². The highest BCUT2D eigenvalue weighted by Crippen LogP contribution is 2.17. The van der Waals surface area contributed by atoms with Gasteiger partial charge < -0.3 is 16.4 Å². The number of allylic oxidation sites excluding steroid dienone is 10. The van der Waals surface area contributed by atoms with E-state index >= 15 is 0 Å². The van der Waals surface area contributed by atoms with Crippen LogP contribution < -0.4 is 16.4 Å². The molecule has 1 unspecified atom stereocenters. The summed E-state index contributed by atoms with van der Waals surface area (Å²) in [7, 11) is 3.83. The molecule has 0 fully saturated rings. The van der Waals surface area contributed by atoms with Gasteiger partial charge in [0.2, 0.25) is 0 Å². The van der Waals surface area contributed by atoms with Gasteiger partial charge in [0.05, 0.1) is 0 Å². The molecule has 0 aromatic rings. The van der Waals surface area contributed by atoms with Gasteiger partial charge in [-0.1, -0.05) is 232 Å². The number of hydrogen-bond acceptors (Lipinski definition) is 3. The van der Waals surface area contributed by atoms with E-state index in [1.54, 1.807) is 0 Å². The molecule has 0 radical (unpaired) electrons. The second kappa shape index (κ2) is 59.0. The summed E-state index contributed by atoms with van der Waals surface area (Å²) in [6, 6.07) is 0.218. The molecule has 0 saturated carbocycles. The molecule has 0 saturated heterocycles. The van der Waals surface area contributed by atoms with Crippen LogP contribution in [-0.2, 0) is 0 Å². The van der Waals surface area contributed by atoms with Gasteiger partial charge >= 0.3 is 0 Å². The zero-order valence-electron chi connectivity index (χ0n) is 38.2. The molecule has 314 valence electrons. The topological polar surface area (TPSA) is 50.1 Å². The molecule has 53 heavy (non-hydrogen) atoms. The van der Waals surface area contributed by atoms with E-state index in [2.05, 4.69) is 81.0 Å². The maximum atomic E-state index is 5.32. The summed E-state index contributed by atoms with van der Waals surface area (Å²) in [5.74, 6) is 0.713. The zero-order chi connectivity index (χ0) is 41.1. The van der Waals surface area contributed by atoms with Gasteiger partial charge in [0.1, 0.15) is 0 Å². The Kier molecular flexibility index (Phi) is 66.8. The van der Waals surface area contributed by atoms with Crippen molar-refractivity contribution in [3.05, 3.63) is 85.3 Å². The third kappa shape index (κ3) is 65.1. The van der Waals surface area contributed by atoms with Crippen molar-refractivity contribution in [1.82, 2.24) is 10.6 Å². The summed E-state index contributed by atoms with van der Waals surface area (Å²) >= 11 is 0. The predicted molar refractivity (Wildman–Crippen MR) is 251 cm³/mol. The van der Waals surface area contributed by atoms with Crippen LogP contribution in [0.2, 0.25) is 0 Å². The maximum Gasteiger partial charge on any atom is 0.0264 e. The first kappa shape index (κ1) is 60.0. The summed E-state index contributed by atoms with van der Waals surface area (Å²) in [5.41, 5.74) is 7.43. The molecule has 0 aromatic carbocycles. The van der Waals surface area contributed by atoms with Gasteiger partial charge in [0.25, 0.3) is 0 Å². The maximum absolute atomic E-state index is 5.32.